The van der Waals surface area contributed by atoms with Crippen molar-refractivity contribution in [2.45, 2.75) is 112 Å². The van der Waals surface area contributed by atoms with Gasteiger partial charge < -0.3 is 24.1 Å². The first kappa shape index (κ1) is 29.1. The van der Waals surface area contributed by atoms with Crippen molar-refractivity contribution in [1.29, 1.82) is 0 Å². The lowest BCUT2D eigenvalue weighted by molar-refractivity contribution is -0.292. The van der Waals surface area contributed by atoms with Gasteiger partial charge in [0.05, 0.1) is 18.3 Å². The second kappa shape index (κ2) is 9.33. The van der Waals surface area contributed by atoms with Crippen LogP contribution < -0.4 is 0 Å². The number of hydrogen-bond acceptors (Lipinski definition) is 8. The summed E-state index contributed by atoms with van der Waals surface area (Å²) in [7, 11) is 0. The Balaban J connectivity index is 2.05. The summed E-state index contributed by atoms with van der Waals surface area (Å²) < 4.78 is 24.7. The third-order valence-corrected chi connectivity index (χ3v) is 11.1. The van der Waals surface area contributed by atoms with Crippen LogP contribution in [0.5, 0.6) is 0 Å². The second-order valence-electron chi connectivity index (χ2n) is 13.3. The number of carbonyl (C=O) groups is 3. The predicted octanol–water partition coefficient (Wildman–Crippen LogP) is 4.22. The quantitative estimate of drug-likeness (QED) is 0.324. The van der Waals surface area contributed by atoms with Gasteiger partial charge in [-0.3, -0.25) is 14.4 Å². The van der Waals surface area contributed by atoms with Gasteiger partial charge in [0.15, 0.2) is 0 Å². The van der Waals surface area contributed by atoms with Crippen LogP contribution in [0.4, 0.5) is 0 Å². The van der Waals surface area contributed by atoms with Crippen LogP contribution in [0.1, 0.15) is 82.1 Å². The summed E-state index contributed by atoms with van der Waals surface area (Å²) in [5.74, 6) is -1.99. The van der Waals surface area contributed by atoms with Gasteiger partial charge in [-0.2, -0.15) is 0 Å². The third kappa shape index (κ3) is 3.87. The molecule has 214 valence electrons. The van der Waals surface area contributed by atoms with Gasteiger partial charge in [0, 0.05) is 49.4 Å². The minimum absolute atomic E-state index is 0.0242. The van der Waals surface area contributed by atoms with E-state index in [1.54, 1.807) is 0 Å². The molecular formula is C30H46O8. The summed E-state index contributed by atoms with van der Waals surface area (Å²) in [4.78, 5) is 37.7. The van der Waals surface area contributed by atoms with Gasteiger partial charge >= 0.3 is 17.9 Å². The SMILES string of the molecule is CC(=O)OC1C2C(C)(CCC3C(C)(O)C(C)=CC(OC(C)=O)C32C)C2C(C)OCC2(C(C)C)C1OC(C)=O. The molecule has 1 N–H and O–H groups in total. The number of esters is 3. The molecule has 3 aliphatic carbocycles. The van der Waals surface area contributed by atoms with Crippen LogP contribution in [0, 0.1) is 39.9 Å². The first-order chi connectivity index (χ1) is 17.4. The standard InChI is InChI=1S/C30H46O8/c1-15(2)30-14-35-17(4)24(30)27(8)12-11-21-28(9,22(36-18(5)31)13-16(3)29(21,10)34)25(27)23(37-19(6)32)26(30)38-20(7)33/h13,15,17,21-26,34H,11-12,14H2,1-10H3. The van der Waals surface area contributed by atoms with Crippen LogP contribution in [0.15, 0.2) is 11.6 Å². The van der Waals surface area contributed by atoms with E-state index in [4.69, 9.17) is 18.9 Å². The molecule has 0 aromatic heterocycles. The molecule has 0 radical (unpaired) electrons. The number of hydrogen-bond donors (Lipinski definition) is 1. The van der Waals surface area contributed by atoms with Gasteiger partial charge in [-0.05, 0) is 56.6 Å². The molecule has 1 aliphatic heterocycles. The Hall–Kier alpha value is -1.93. The summed E-state index contributed by atoms with van der Waals surface area (Å²) in [6.45, 7) is 18.8. The molecule has 4 rings (SSSR count). The summed E-state index contributed by atoms with van der Waals surface area (Å²) >= 11 is 0. The van der Waals surface area contributed by atoms with E-state index in [-0.39, 0.29) is 23.9 Å². The van der Waals surface area contributed by atoms with Crippen molar-refractivity contribution in [2.24, 2.45) is 39.9 Å². The van der Waals surface area contributed by atoms with E-state index in [0.717, 1.165) is 12.0 Å². The summed E-state index contributed by atoms with van der Waals surface area (Å²) in [6, 6.07) is 0. The molecule has 11 unspecified atom stereocenters. The zero-order chi connectivity index (χ0) is 28.6. The van der Waals surface area contributed by atoms with Crippen LogP contribution in [-0.4, -0.2) is 59.6 Å². The molecular weight excluding hydrogens is 488 g/mol. The number of aliphatic hydroxyl groups is 1. The molecule has 8 heteroatoms. The fourth-order valence-corrected chi connectivity index (χ4v) is 9.70. The normalized spacial score (nSPS) is 47.8. The molecule has 11 atom stereocenters. The third-order valence-electron chi connectivity index (χ3n) is 11.1. The van der Waals surface area contributed by atoms with Gasteiger partial charge in [0.2, 0.25) is 0 Å². The zero-order valence-electron chi connectivity index (χ0n) is 24.6. The topological polar surface area (TPSA) is 108 Å². The number of rotatable bonds is 4. The lowest BCUT2D eigenvalue weighted by atomic mass is 9.35. The van der Waals surface area contributed by atoms with E-state index in [9.17, 15) is 19.5 Å². The fraction of sp³-hybridized carbons (Fsp3) is 0.833. The molecule has 0 amide bonds. The Bertz CT molecular complexity index is 1030. The maximum atomic E-state index is 12.7. The Labute approximate surface area is 226 Å². The maximum absolute atomic E-state index is 12.7. The van der Waals surface area contributed by atoms with Crippen LogP contribution in [0.3, 0.4) is 0 Å². The van der Waals surface area contributed by atoms with E-state index in [0.29, 0.717) is 13.0 Å². The van der Waals surface area contributed by atoms with Crippen molar-refractivity contribution < 1.29 is 38.4 Å². The van der Waals surface area contributed by atoms with E-state index in [1.165, 1.54) is 20.8 Å². The molecule has 0 bridgehead atoms. The molecule has 1 saturated heterocycles. The number of carbonyl (C=O) groups excluding carboxylic acids is 3. The highest BCUT2D eigenvalue weighted by Gasteiger charge is 2.77. The Kier molecular flexibility index (Phi) is 7.13. The van der Waals surface area contributed by atoms with Gasteiger partial charge in [0.1, 0.15) is 18.3 Å². The summed E-state index contributed by atoms with van der Waals surface area (Å²) in [6.07, 6.45) is 0.941. The smallest absolute Gasteiger partial charge is 0.303 e. The highest BCUT2D eigenvalue weighted by atomic mass is 16.6. The summed E-state index contributed by atoms with van der Waals surface area (Å²) in [5.41, 5.74) is -2.25. The Morgan fingerprint density at radius 3 is 2.11 bits per heavy atom. The van der Waals surface area contributed by atoms with Crippen molar-refractivity contribution in [3.05, 3.63) is 11.6 Å². The average Bonchev–Trinajstić information content (AvgIpc) is 3.13. The minimum Gasteiger partial charge on any atom is -0.458 e. The van der Waals surface area contributed by atoms with Gasteiger partial charge in [-0.25, -0.2) is 0 Å². The summed E-state index contributed by atoms with van der Waals surface area (Å²) in [5, 5.41) is 11.9. The minimum atomic E-state index is -1.16. The Morgan fingerprint density at radius 1 is 1.00 bits per heavy atom. The zero-order valence-corrected chi connectivity index (χ0v) is 24.6. The predicted molar refractivity (Wildman–Crippen MR) is 140 cm³/mol. The van der Waals surface area contributed by atoms with Crippen molar-refractivity contribution in [3.8, 4) is 0 Å². The lowest BCUT2D eigenvalue weighted by Gasteiger charge is -2.70. The first-order valence-electron chi connectivity index (χ1n) is 14.0. The molecule has 4 aliphatic rings. The Morgan fingerprint density at radius 2 is 1.58 bits per heavy atom. The largest absolute Gasteiger partial charge is 0.458 e. The molecule has 38 heavy (non-hydrogen) atoms. The van der Waals surface area contributed by atoms with Crippen LogP contribution >= 0.6 is 0 Å². The molecule has 1 heterocycles. The van der Waals surface area contributed by atoms with Gasteiger partial charge in [0.25, 0.3) is 0 Å². The van der Waals surface area contributed by atoms with Crippen molar-refractivity contribution in [2.75, 3.05) is 6.61 Å². The van der Waals surface area contributed by atoms with Crippen LogP contribution in [0.25, 0.3) is 0 Å². The van der Waals surface area contributed by atoms with Crippen molar-refractivity contribution in [1.82, 2.24) is 0 Å². The van der Waals surface area contributed by atoms with Gasteiger partial charge in [-0.15, -0.1) is 0 Å². The second-order valence-corrected chi connectivity index (χ2v) is 13.3. The molecule has 8 nitrogen and oxygen atoms in total. The molecule has 3 fully saturated rings. The fourth-order valence-electron chi connectivity index (χ4n) is 9.70. The van der Waals surface area contributed by atoms with E-state index >= 15 is 0 Å². The maximum Gasteiger partial charge on any atom is 0.303 e. The van der Waals surface area contributed by atoms with E-state index in [1.807, 2.05) is 19.9 Å². The highest BCUT2D eigenvalue weighted by molar-refractivity contribution is 5.68. The van der Waals surface area contributed by atoms with E-state index in [2.05, 4.69) is 34.6 Å². The van der Waals surface area contributed by atoms with Crippen LogP contribution in [0.2, 0.25) is 0 Å². The van der Waals surface area contributed by atoms with Crippen LogP contribution in [-0.2, 0) is 33.3 Å². The highest BCUT2D eigenvalue weighted by Crippen LogP contribution is 2.73. The number of ether oxygens (including phenoxy) is 4. The average molecular weight is 535 g/mol. The molecule has 0 spiro atoms. The van der Waals surface area contributed by atoms with Crippen molar-refractivity contribution in [3.63, 3.8) is 0 Å². The number of fused-ring (bicyclic) bond motifs is 5. The molecule has 0 aromatic rings. The lowest BCUT2D eigenvalue weighted by Crippen LogP contribution is -2.75. The van der Waals surface area contributed by atoms with Gasteiger partial charge in [-0.1, -0.05) is 27.7 Å². The van der Waals surface area contributed by atoms with E-state index < -0.39 is 64.0 Å². The molecule has 2 saturated carbocycles. The first-order valence-corrected chi connectivity index (χ1v) is 14.0. The van der Waals surface area contributed by atoms with Crippen molar-refractivity contribution >= 4 is 17.9 Å². The molecule has 0 aromatic carbocycles. The monoisotopic (exact) mass is 534 g/mol.